The van der Waals surface area contributed by atoms with Crippen molar-refractivity contribution in [2.75, 3.05) is 18.6 Å². The Morgan fingerprint density at radius 1 is 1.30 bits per heavy atom. The molecule has 0 bridgehead atoms. The number of nitrogens with zero attached hydrogens (tertiary/aromatic N) is 2. The number of methoxy groups -OCH3 is 1. The Morgan fingerprint density at radius 3 is 2.63 bits per heavy atom. The number of carbonyl (C=O) groups excluding carboxylic acids is 2. The zero-order valence-electron chi connectivity index (χ0n) is 15.1. The van der Waals surface area contributed by atoms with Gasteiger partial charge in [-0.25, -0.2) is 4.79 Å². The number of nitrogen functional groups attached to an aromatic ring is 1. The molecule has 0 radical (unpaired) electrons. The lowest BCUT2D eigenvalue weighted by Gasteiger charge is -2.19. The Bertz CT molecular complexity index is 742. The topological polar surface area (TPSA) is 107 Å². The first kappa shape index (κ1) is 21.5. The zero-order valence-corrected chi connectivity index (χ0v) is 17.5. The van der Waals surface area contributed by atoms with Gasteiger partial charge in [-0.1, -0.05) is 60.4 Å². The smallest absolute Gasteiger partial charge is 0.329 e. The molecule has 1 heterocycles. The summed E-state index contributed by atoms with van der Waals surface area (Å²) in [5, 5.41) is 10.5. The van der Waals surface area contributed by atoms with Crippen LogP contribution in [-0.4, -0.2) is 46.2 Å². The highest BCUT2D eigenvalue weighted by molar-refractivity contribution is 8.02. The van der Waals surface area contributed by atoms with Crippen molar-refractivity contribution in [2.24, 2.45) is 0 Å². The van der Waals surface area contributed by atoms with E-state index in [0.29, 0.717) is 21.6 Å². The van der Waals surface area contributed by atoms with Gasteiger partial charge in [-0.05, 0) is 12.0 Å². The molecule has 0 saturated carbocycles. The molecule has 3 N–H and O–H groups in total. The van der Waals surface area contributed by atoms with E-state index in [-0.39, 0.29) is 11.2 Å². The zero-order chi connectivity index (χ0) is 19.6. The molecule has 0 aliphatic carbocycles. The summed E-state index contributed by atoms with van der Waals surface area (Å²) in [4.78, 5) is 24.7. The van der Waals surface area contributed by atoms with Crippen LogP contribution in [0.3, 0.4) is 0 Å². The van der Waals surface area contributed by atoms with Gasteiger partial charge in [0.15, 0.2) is 4.34 Å². The van der Waals surface area contributed by atoms with Crippen molar-refractivity contribution in [1.82, 2.24) is 15.5 Å². The molecule has 146 valence electrons. The maximum absolute atomic E-state index is 12.6. The van der Waals surface area contributed by atoms with Gasteiger partial charge in [-0.3, -0.25) is 4.79 Å². The van der Waals surface area contributed by atoms with E-state index in [0.717, 1.165) is 11.3 Å². The van der Waals surface area contributed by atoms with Gasteiger partial charge in [0.05, 0.1) is 12.4 Å². The first-order valence-corrected chi connectivity index (χ1v) is 11.1. The molecule has 1 aromatic heterocycles. The van der Waals surface area contributed by atoms with Crippen molar-refractivity contribution >= 4 is 51.9 Å². The van der Waals surface area contributed by atoms with E-state index in [1.165, 1.54) is 30.2 Å². The fourth-order valence-electron chi connectivity index (χ4n) is 2.16. The second-order valence-electron chi connectivity index (χ2n) is 5.51. The largest absolute Gasteiger partial charge is 0.467 e. The molecule has 0 unspecified atom stereocenters. The molecule has 1 aromatic carbocycles. The van der Waals surface area contributed by atoms with Gasteiger partial charge >= 0.3 is 5.97 Å². The molecule has 0 spiro atoms. The molecule has 0 fully saturated rings. The molecule has 0 aliphatic rings. The van der Waals surface area contributed by atoms with Gasteiger partial charge in [-0.15, -0.1) is 10.2 Å². The number of carbonyl (C=O) groups is 2. The van der Waals surface area contributed by atoms with E-state index in [1.807, 2.05) is 37.3 Å². The van der Waals surface area contributed by atoms with Gasteiger partial charge in [0.25, 0.3) is 0 Å². The summed E-state index contributed by atoms with van der Waals surface area (Å²) in [5.41, 5.74) is 6.74. The number of amides is 1. The number of hydrogen-bond donors (Lipinski definition) is 2. The van der Waals surface area contributed by atoms with Gasteiger partial charge < -0.3 is 15.8 Å². The predicted octanol–water partition coefficient (Wildman–Crippen LogP) is 2.58. The van der Waals surface area contributed by atoms with Gasteiger partial charge in [-0.2, -0.15) is 11.8 Å². The normalized spacial score (nSPS) is 13.0. The molecule has 2 aromatic rings. The number of nitrogens with two attached hydrogens (primary N) is 1. The minimum absolute atomic E-state index is 0.230. The molecule has 0 saturated heterocycles. The van der Waals surface area contributed by atoms with Gasteiger partial charge in [0.2, 0.25) is 11.0 Å². The van der Waals surface area contributed by atoms with Crippen LogP contribution in [0.1, 0.15) is 18.9 Å². The van der Waals surface area contributed by atoms with Gasteiger partial charge in [0, 0.05) is 11.5 Å². The van der Waals surface area contributed by atoms with Crippen molar-refractivity contribution in [3.05, 3.63) is 35.9 Å². The third-order valence-corrected chi connectivity index (χ3v) is 6.83. The molecule has 27 heavy (non-hydrogen) atoms. The molecule has 2 atom stereocenters. The van der Waals surface area contributed by atoms with Crippen LogP contribution >= 0.6 is 34.9 Å². The quantitative estimate of drug-likeness (QED) is 0.441. The molecular formula is C17H22N4O3S3. The number of benzene rings is 1. The molecular weight excluding hydrogens is 404 g/mol. The minimum atomic E-state index is -0.703. The van der Waals surface area contributed by atoms with E-state index in [4.69, 9.17) is 10.5 Å². The maximum Gasteiger partial charge on any atom is 0.329 e. The summed E-state index contributed by atoms with van der Waals surface area (Å²) in [6.07, 6.45) is 0.584. The average molecular weight is 427 g/mol. The fourth-order valence-corrected chi connectivity index (χ4v) is 4.97. The second kappa shape index (κ2) is 11.2. The lowest BCUT2D eigenvalue weighted by atomic mass is 10.2. The third-order valence-electron chi connectivity index (χ3n) is 3.53. The van der Waals surface area contributed by atoms with Crippen molar-refractivity contribution in [3.8, 4) is 0 Å². The summed E-state index contributed by atoms with van der Waals surface area (Å²) >= 11 is 4.09. The van der Waals surface area contributed by atoms with Crippen LogP contribution in [0, 0.1) is 0 Å². The Kier molecular flexibility index (Phi) is 8.89. The summed E-state index contributed by atoms with van der Waals surface area (Å²) in [5.74, 6) is 0.497. The number of aromatic nitrogens is 2. The summed E-state index contributed by atoms with van der Waals surface area (Å²) in [6.45, 7) is 1.90. The number of hydrogen-bond acceptors (Lipinski definition) is 9. The molecule has 2 rings (SSSR count). The van der Waals surface area contributed by atoms with E-state index in [1.54, 1.807) is 11.8 Å². The summed E-state index contributed by atoms with van der Waals surface area (Å²) in [7, 11) is 1.32. The highest BCUT2D eigenvalue weighted by Crippen LogP contribution is 2.29. The van der Waals surface area contributed by atoms with Crippen LogP contribution in [0.25, 0.3) is 0 Å². The van der Waals surface area contributed by atoms with Crippen LogP contribution in [0.5, 0.6) is 0 Å². The van der Waals surface area contributed by atoms with Crippen LogP contribution in [-0.2, 0) is 20.1 Å². The van der Waals surface area contributed by atoms with Crippen molar-refractivity contribution in [3.63, 3.8) is 0 Å². The molecule has 10 heteroatoms. The number of rotatable bonds is 10. The first-order chi connectivity index (χ1) is 13.0. The molecule has 0 aliphatic heterocycles. The monoisotopic (exact) mass is 426 g/mol. The Balaban J connectivity index is 1.92. The Morgan fingerprint density at radius 2 is 2.04 bits per heavy atom. The van der Waals surface area contributed by atoms with Crippen LogP contribution < -0.4 is 11.1 Å². The van der Waals surface area contributed by atoms with Gasteiger partial charge in [0.1, 0.15) is 6.04 Å². The van der Waals surface area contributed by atoms with Crippen molar-refractivity contribution in [2.45, 2.75) is 34.7 Å². The highest BCUT2D eigenvalue weighted by atomic mass is 32.2. The third kappa shape index (κ3) is 7.04. The lowest BCUT2D eigenvalue weighted by molar-refractivity contribution is -0.144. The fraction of sp³-hybridized carbons (Fsp3) is 0.412. The van der Waals surface area contributed by atoms with E-state index >= 15 is 0 Å². The molecule has 1 amide bonds. The number of anilines is 1. The summed E-state index contributed by atoms with van der Waals surface area (Å²) in [6, 6.07) is 9.24. The first-order valence-electron chi connectivity index (χ1n) is 8.29. The second-order valence-corrected chi connectivity index (χ2v) is 9.00. The number of esters is 1. The van der Waals surface area contributed by atoms with Crippen LogP contribution in [0.4, 0.5) is 5.13 Å². The number of thioether (sulfide) groups is 2. The van der Waals surface area contributed by atoms with Crippen LogP contribution in [0.2, 0.25) is 0 Å². The lowest BCUT2D eigenvalue weighted by Crippen LogP contribution is -2.46. The van der Waals surface area contributed by atoms with Crippen molar-refractivity contribution in [1.29, 1.82) is 0 Å². The maximum atomic E-state index is 12.6. The summed E-state index contributed by atoms with van der Waals surface area (Å²) < 4.78 is 5.47. The number of nitrogens with one attached hydrogen (secondary N) is 1. The van der Waals surface area contributed by atoms with E-state index in [9.17, 15) is 9.59 Å². The molecule has 7 nitrogen and oxygen atoms in total. The average Bonchev–Trinajstić information content (AvgIpc) is 3.10. The SMILES string of the molecule is CC[C@@H](Sc1nnc(N)s1)C(=O)N[C@@H](CSCc1ccccc1)C(=O)OC. The van der Waals surface area contributed by atoms with E-state index in [2.05, 4.69) is 15.5 Å². The van der Waals surface area contributed by atoms with E-state index < -0.39 is 12.0 Å². The number of ether oxygens (including phenoxy) is 1. The predicted molar refractivity (Wildman–Crippen MR) is 111 cm³/mol. The van der Waals surface area contributed by atoms with Crippen molar-refractivity contribution < 1.29 is 14.3 Å². The standard InChI is InChI=1S/C17H22N4O3S3/c1-3-13(26-17-21-20-16(18)27-17)14(22)19-12(15(23)24-2)10-25-9-11-7-5-4-6-8-11/h4-8,12-13H,3,9-10H2,1-2H3,(H2,18,20)(H,19,22)/t12-,13+/m0/s1. The minimum Gasteiger partial charge on any atom is -0.467 e. The highest BCUT2D eigenvalue weighted by Gasteiger charge is 2.26. The Hall–Kier alpha value is -1.78. The van der Waals surface area contributed by atoms with Crippen LogP contribution in [0.15, 0.2) is 34.7 Å². The Labute approximate surface area is 170 Å².